The first kappa shape index (κ1) is 12.7. The van der Waals surface area contributed by atoms with Crippen LogP contribution in [-0.4, -0.2) is 11.8 Å². The van der Waals surface area contributed by atoms with Crippen molar-refractivity contribution in [2.75, 3.05) is 5.32 Å². The Balaban J connectivity index is 2.55. The summed E-state index contributed by atoms with van der Waals surface area (Å²) >= 11 is 3.30. The number of carbonyl (C=O) groups is 2. The number of anilines is 1. The molecule has 0 aromatic heterocycles. The fraction of sp³-hybridized carbons (Fsp3) is 0.273. The topological polar surface area (TPSA) is 72.2 Å². The van der Waals surface area contributed by atoms with Crippen molar-refractivity contribution < 1.29 is 9.59 Å². The van der Waals surface area contributed by atoms with Gasteiger partial charge in [0.05, 0.1) is 0 Å². The highest BCUT2D eigenvalue weighted by Crippen LogP contribution is 2.16. The second kappa shape index (κ2) is 5.65. The maximum atomic E-state index is 11.5. The molecule has 2 amide bonds. The van der Waals surface area contributed by atoms with E-state index in [9.17, 15) is 9.59 Å². The van der Waals surface area contributed by atoms with E-state index in [1.54, 1.807) is 19.1 Å². The molecule has 16 heavy (non-hydrogen) atoms. The molecule has 1 aromatic rings. The molecule has 1 rings (SSSR count). The Kier molecular flexibility index (Phi) is 4.49. The molecule has 0 spiro atoms. The van der Waals surface area contributed by atoms with Gasteiger partial charge in [-0.05, 0) is 18.2 Å². The summed E-state index contributed by atoms with van der Waals surface area (Å²) in [6, 6.07) is 7.24. The van der Waals surface area contributed by atoms with E-state index in [0.29, 0.717) is 5.69 Å². The molecule has 0 radical (unpaired) electrons. The van der Waals surface area contributed by atoms with Gasteiger partial charge in [0, 0.05) is 22.5 Å². The average Bonchev–Trinajstić information content (AvgIpc) is 2.16. The molecule has 0 heterocycles. The summed E-state index contributed by atoms with van der Waals surface area (Å²) in [5, 5.41) is 2.69. The number of hydrogen-bond donors (Lipinski definition) is 2. The van der Waals surface area contributed by atoms with Crippen LogP contribution in [0.2, 0.25) is 0 Å². The minimum atomic E-state index is -0.468. The lowest BCUT2D eigenvalue weighted by atomic mass is 10.1. The molecule has 0 bridgehead atoms. The van der Waals surface area contributed by atoms with Crippen LogP contribution in [-0.2, 0) is 9.59 Å². The second-order valence-electron chi connectivity index (χ2n) is 3.57. The van der Waals surface area contributed by atoms with E-state index in [1.807, 2.05) is 12.1 Å². The molecule has 0 saturated heterocycles. The van der Waals surface area contributed by atoms with Gasteiger partial charge in [-0.2, -0.15) is 0 Å². The molecule has 5 heteroatoms. The van der Waals surface area contributed by atoms with Crippen LogP contribution in [0.4, 0.5) is 5.69 Å². The monoisotopic (exact) mass is 284 g/mol. The molecule has 4 nitrogen and oxygen atoms in total. The van der Waals surface area contributed by atoms with E-state index >= 15 is 0 Å². The maximum absolute atomic E-state index is 11.5. The minimum Gasteiger partial charge on any atom is -0.369 e. The Hall–Kier alpha value is -1.36. The third kappa shape index (κ3) is 4.02. The van der Waals surface area contributed by atoms with Crippen LogP contribution in [0.15, 0.2) is 28.7 Å². The number of nitrogens with two attached hydrogens (primary N) is 1. The summed E-state index contributed by atoms with van der Waals surface area (Å²) in [7, 11) is 0. The predicted molar refractivity (Wildman–Crippen MR) is 65.7 cm³/mol. The number of primary amides is 1. The zero-order valence-corrected chi connectivity index (χ0v) is 10.5. The molecule has 0 saturated carbocycles. The van der Waals surface area contributed by atoms with Crippen LogP contribution < -0.4 is 11.1 Å². The van der Waals surface area contributed by atoms with E-state index in [4.69, 9.17) is 5.73 Å². The van der Waals surface area contributed by atoms with Crippen LogP contribution in [0.5, 0.6) is 0 Å². The van der Waals surface area contributed by atoms with Crippen molar-refractivity contribution in [2.45, 2.75) is 13.3 Å². The van der Waals surface area contributed by atoms with Gasteiger partial charge in [0.15, 0.2) is 0 Å². The number of rotatable bonds is 4. The third-order valence-corrected chi connectivity index (χ3v) is 2.58. The largest absolute Gasteiger partial charge is 0.369 e. The zero-order valence-electron chi connectivity index (χ0n) is 8.87. The van der Waals surface area contributed by atoms with Crippen molar-refractivity contribution in [3.8, 4) is 0 Å². The van der Waals surface area contributed by atoms with Gasteiger partial charge in [-0.15, -0.1) is 0 Å². The quantitative estimate of drug-likeness (QED) is 0.886. The predicted octanol–water partition coefficient (Wildman–Crippen LogP) is 1.90. The number of benzene rings is 1. The molecule has 86 valence electrons. The molecule has 0 aliphatic rings. The molecular weight excluding hydrogens is 272 g/mol. The lowest BCUT2D eigenvalue weighted by Gasteiger charge is -2.08. The molecule has 1 aromatic carbocycles. The highest BCUT2D eigenvalue weighted by atomic mass is 79.9. The summed E-state index contributed by atoms with van der Waals surface area (Å²) in [5.41, 5.74) is 5.77. The zero-order chi connectivity index (χ0) is 12.1. The molecule has 0 aliphatic carbocycles. The molecule has 0 fully saturated rings. The summed E-state index contributed by atoms with van der Waals surface area (Å²) in [6.45, 7) is 1.63. The van der Waals surface area contributed by atoms with Gasteiger partial charge in [-0.1, -0.05) is 28.9 Å². The Morgan fingerprint density at radius 2 is 2.19 bits per heavy atom. The Labute approximate surface area is 102 Å². The van der Waals surface area contributed by atoms with E-state index in [1.165, 1.54) is 0 Å². The Morgan fingerprint density at radius 3 is 2.75 bits per heavy atom. The van der Waals surface area contributed by atoms with E-state index < -0.39 is 11.8 Å². The van der Waals surface area contributed by atoms with Crippen molar-refractivity contribution >= 4 is 33.4 Å². The maximum Gasteiger partial charge on any atom is 0.225 e. The van der Waals surface area contributed by atoms with E-state index in [0.717, 1.165) is 4.47 Å². The summed E-state index contributed by atoms with van der Waals surface area (Å²) in [4.78, 5) is 22.3. The first-order valence-corrected chi connectivity index (χ1v) is 5.63. The first-order valence-electron chi connectivity index (χ1n) is 4.84. The van der Waals surface area contributed by atoms with Gasteiger partial charge in [-0.25, -0.2) is 0 Å². The summed E-state index contributed by atoms with van der Waals surface area (Å²) < 4.78 is 0.883. The van der Waals surface area contributed by atoms with Crippen LogP contribution in [0.1, 0.15) is 13.3 Å². The normalized spacial score (nSPS) is 11.9. The first-order chi connectivity index (χ1) is 7.49. The third-order valence-electron chi connectivity index (χ3n) is 2.09. The smallest absolute Gasteiger partial charge is 0.225 e. The van der Waals surface area contributed by atoms with Crippen molar-refractivity contribution in [1.82, 2.24) is 0 Å². The summed E-state index contributed by atoms with van der Waals surface area (Å²) in [5.74, 6) is -1.14. The fourth-order valence-corrected chi connectivity index (χ4v) is 1.56. The van der Waals surface area contributed by atoms with Gasteiger partial charge >= 0.3 is 0 Å². The number of carbonyl (C=O) groups excluding carboxylic acids is 2. The van der Waals surface area contributed by atoms with Crippen LogP contribution in [0, 0.1) is 5.92 Å². The standard InChI is InChI=1S/C11H13BrN2O2/c1-7(11(13)16)5-10(15)14-9-4-2-3-8(12)6-9/h2-4,6-7H,5H2,1H3,(H2,13,16)(H,14,15). The van der Waals surface area contributed by atoms with Crippen molar-refractivity contribution in [3.05, 3.63) is 28.7 Å². The fourth-order valence-electron chi connectivity index (χ4n) is 1.16. The lowest BCUT2D eigenvalue weighted by molar-refractivity contribution is -0.125. The molecule has 1 atom stereocenters. The van der Waals surface area contributed by atoms with Gasteiger partial charge < -0.3 is 11.1 Å². The number of amides is 2. The minimum absolute atomic E-state index is 0.0991. The number of nitrogens with one attached hydrogen (secondary N) is 1. The Bertz CT molecular complexity index is 407. The number of hydrogen-bond acceptors (Lipinski definition) is 2. The Morgan fingerprint density at radius 1 is 1.50 bits per heavy atom. The average molecular weight is 285 g/mol. The van der Waals surface area contributed by atoms with Crippen molar-refractivity contribution in [2.24, 2.45) is 11.7 Å². The molecular formula is C11H13BrN2O2. The van der Waals surface area contributed by atoms with Gasteiger partial charge in [-0.3, -0.25) is 9.59 Å². The second-order valence-corrected chi connectivity index (χ2v) is 4.48. The van der Waals surface area contributed by atoms with E-state index in [2.05, 4.69) is 21.2 Å². The van der Waals surface area contributed by atoms with Gasteiger partial charge in [0.1, 0.15) is 0 Å². The highest BCUT2D eigenvalue weighted by molar-refractivity contribution is 9.10. The number of halogens is 1. The molecule has 3 N–H and O–H groups in total. The molecule has 1 unspecified atom stereocenters. The van der Waals surface area contributed by atoms with Crippen LogP contribution >= 0.6 is 15.9 Å². The van der Waals surface area contributed by atoms with Gasteiger partial charge in [0.25, 0.3) is 0 Å². The van der Waals surface area contributed by atoms with Crippen LogP contribution in [0.25, 0.3) is 0 Å². The van der Waals surface area contributed by atoms with Crippen molar-refractivity contribution in [1.29, 1.82) is 0 Å². The van der Waals surface area contributed by atoms with E-state index in [-0.39, 0.29) is 12.3 Å². The lowest BCUT2D eigenvalue weighted by Crippen LogP contribution is -2.25. The summed E-state index contributed by atoms with van der Waals surface area (Å²) in [6.07, 6.45) is 0.0991. The SMILES string of the molecule is CC(CC(=O)Nc1cccc(Br)c1)C(N)=O. The van der Waals surface area contributed by atoms with Crippen molar-refractivity contribution in [3.63, 3.8) is 0 Å². The van der Waals surface area contributed by atoms with Crippen LogP contribution in [0.3, 0.4) is 0 Å². The highest BCUT2D eigenvalue weighted by Gasteiger charge is 2.13. The molecule has 0 aliphatic heterocycles. The van der Waals surface area contributed by atoms with Gasteiger partial charge in [0.2, 0.25) is 11.8 Å².